The second-order valence-electron chi connectivity index (χ2n) is 7.40. The quantitative estimate of drug-likeness (QED) is 0.387. The lowest BCUT2D eigenvalue weighted by Gasteiger charge is -2.10. The Morgan fingerprint density at radius 3 is 2.34 bits per heavy atom. The van der Waals surface area contributed by atoms with Crippen molar-refractivity contribution in [3.63, 3.8) is 0 Å². The number of fused-ring (bicyclic) bond motifs is 1. The van der Waals surface area contributed by atoms with Gasteiger partial charge in [0.05, 0.1) is 29.8 Å². The molecule has 6 N–H and O–H groups in total. The molecule has 10 nitrogen and oxygen atoms in total. The van der Waals surface area contributed by atoms with Gasteiger partial charge in [0.2, 0.25) is 0 Å². The summed E-state index contributed by atoms with van der Waals surface area (Å²) in [6.07, 6.45) is 11.0. The maximum atomic E-state index is 6.04. The van der Waals surface area contributed by atoms with Gasteiger partial charge >= 0.3 is 0 Å². The molecule has 0 aliphatic carbocycles. The molecule has 0 saturated carbocycles. The SMILES string of the molecule is Cn1cc(-c2cnc3ccc(CNc4nc(-c5cnn(C)c5)cnc4N)cc3c2)cn1.N. The highest BCUT2D eigenvalue weighted by Gasteiger charge is 2.09. The molecule has 4 aromatic heterocycles. The number of rotatable bonds is 5. The zero-order valence-corrected chi connectivity index (χ0v) is 17.9. The van der Waals surface area contributed by atoms with Crippen LogP contribution in [0.2, 0.25) is 0 Å². The molecule has 0 bridgehead atoms. The smallest absolute Gasteiger partial charge is 0.169 e. The van der Waals surface area contributed by atoms with Crippen LogP contribution < -0.4 is 17.2 Å². The van der Waals surface area contributed by atoms with Crippen LogP contribution in [0.4, 0.5) is 11.6 Å². The first-order valence-corrected chi connectivity index (χ1v) is 9.78. The first kappa shape index (κ1) is 20.9. The van der Waals surface area contributed by atoms with E-state index in [4.69, 9.17) is 5.73 Å². The number of nitrogens with two attached hydrogens (primary N) is 1. The fourth-order valence-corrected chi connectivity index (χ4v) is 3.43. The van der Waals surface area contributed by atoms with Gasteiger partial charge in [-0.25, -0.2) is 9.97 Å². The zero-order valence-electron chi connectivity index (χ0n) is 17.9. The van der Waals surface area contributed by atoms with E-state index in [1.54, 1.807) is 21.8 Å². The van der Waals surface area contributed by atoms with E-state index in [0.717, 1.165) is 33.2 Å². The molecule has 1 aromatic carbocycles. The molecule has 0 fully saturated rings. The Hall–Kier alpha value is -4.31. The minimum Gasteiger partial charge on any atom is -0.381 e. The predicted molar refractivity (Wildman–Crippen MR) is 125 cm³/mol. The van der Waals surface area contributed by atoms with E-state index in [2.05, 4.69) is 42.6 Å². The van der Waals surface area contributed by atoms with Crippen molar-refractivity contribution in [3.8, 4) is 22.4 Å². The van der Waals surface area contributed by atoms with E-state index in [0.29, 0.717) is 23.9 Å². The maximum Gasteiger partial charge on any atom is 0.169 e. The van der Waals surface area contributed by atoms with Crippen LogP contribution in [-0.4, -0.2) is 34.5 Å². The fraction of sp³-hybridized carbons (Fsp3) is 0.136. The number of benzene rings is 1. The molecular formula is C22H24N10. The predicted octanol–water partition coefficient (Wildman–Crippen LogP) is 3.18. The highest BCUT2D eigenvalue weighted by atomic mass is 15.2. The first-order chi connectivity index (χ1) is 15.0. The van der Waals surface area contributed by atoms with Crippen molar-refractivity contribution in [1.82, 2.24) is 40.7 Å². The van der Waals surface area contributed by atoms with Crippen molar-refractivity contribution in [3.05, 3.63) is 67.0 Å². The summed E-state index contributed by atoms with van der Waals surface area (Å²) in [5.41, 5.74) is 11.7. The topological polar surface area (TPSA) is 147 Å². The highest BCUT2D eigenvalue weighted by molar-refractivity contribution is 5.84. The van der Waals surface area contributed by atoms with Crippen LogP contribution >= 0.6 is 0 Å². The monoisotopic (exact) mass is 428 g/mol. The Kier molecular flexibility index (Phi) is 5.52. The van der Waals surface area contributed by atoms with Crippen LogP contribution in [0.25, 0.3) is 33.3 Å². The van der Waals surface area contributed by atoms with Crippen molar-refractivity contribution < 1.29 is 0 Å². The molecule has 0 spiro atoms. The Morgan fingerprint density at radius 2 is 1.62 bits per heavy atom. The largest absolute Gasteiger partial charge is 0.381 e. The minimum absolute atomic E-state index is 0. The van der Waals surface area contributed by atoms with Crippen LogP contribution in [-0.2, 0) is 20.6 Å². The van der Waals surface area contributed by atoms with Gasteiger partial charge in [0, 0.05) is 61.3 Å². The highest BCUT2D eigenvalue weighted by Crippen LogP contribution is 2.24. The molecule has 32 heavy (non-hydrogen) atoms. The van der Waals surface area contributed by atoms with Crippen LogP contribution in [0.3, 0.4) is 0 Å². The number of nitrogens with one attached hydrogen (secondary N) is 1. The molecule has 0 atom stereocenters. The average Bonchev–Trinajstić information content (AvgIpc) is 3.41. The lowest BCUT2D eigenvalue weighted by atomic mass is 10.1. The number of aromatic nitrogens is 7. The van der Waals surface area contributed by atoms with E-state index in [9.17, 15) is 0 Å². The number of pyridine rings is 1. The summed E-state index contributed by atoms with van der Waals surface area (Å²) < 4.78 is 3.51. The first-order valence-electron chi connectivity index (χ1n) is 9.78. The molecule has 162 valence electrons. The van der Waals surface area contributed by atoms with Gasteiger partial charge in [-0.1, -0.05) is 6.07 Å². The van der Waals surface area contributed by atoms with E-state index in [1.807, 2.05) is 51.0 Å². The molecule has 0 aliphatic heterocycles. The van der Waals surface area contributed by atoms with Crippen molar-refractivity contribution >= 4 is 22.5 Å². The minimum atomic E-state index is 0. The van der Waals surface area contributed by atoms with Crippen LogP contribution in [0.15, 0.2) is 61.4 Å². The van der Waals surface area contributed by atoms with Gasteiger partial charge in [-0.2, -0.15) is 10.2 Å². The summed E-state index contributed by atoms with van der Waals surface area (Å²) in [5.74, 6) is 0.901. The summed E-state index contributed by atoms with van der Waals surface area (Å²) in [5, 5.41) is 12.8. The molecule has 5 rings (SSSR count). The van der Waals surface area contributed by atoms with Gasteiger partial charge in [-0.3, -0.25) is 14.3 Å². The molecule has 0 saturated heterocycles. The summed E-state index contributed by atoms with van der Waals surface area (Å²) >= 11 is 0. The number of nitrogens with zero attached hydrogens (tertiary/aromatic N) is 7. The second kappa shape index (κ2) is 8.44. The van der Waals surface area contributed by atoms with Gasteiger partial charge in [0.1, 0.15) is 0 Å². The third kappa shape index (κ3) is 4.12. The van der Waals surface area contributed by atoms with E-state index < -0.39 is 0 Å². The molecule has 4 heterocycles. The number of nitrogen functional groups attached to an aromatic ring is 1. The van der Waals surface area contributed by atoms with Crippen molar-refractivity contribution in [2.45, 2.75) is 6.54 Å². The summed E-state index contributed by atoms with van der Waals surface area (Å²) in [4.78, 5) is 13.5. The Morgan fingerprint density at radius 1 is 0.875 bits per heavy atom. The summed E-state index contributed by atoms with van der Waals surface area (Å²) in [7, 11) is 3.77. The molecule has 0 amide bonds. The standard InChI is InChI=1S/C22H21N9.H3N/c1-30-12-17(9-27-30)16-6-15-5-14(3-4-19(15)24-8-16)7-26-22-21(23)25-11-20(29-22)18-10-28-31(2)13-18;/h3-6,8-13H,7H2,1-2H3,(H2,23,25)(H,26,29);1H3. The molecule has 10 heteroatoms. The van der Waals surface area contributed by atoms with Gasteiger partial charge in [0.25, 0.3) is 0 Å². The van der Waals surface area contributed by atoms with Crippen molar-refractivity contribution in [2.75, 3.05) is 11.1 Å². The second-order valence-corrected chi connectivity index (χ2v) is 7.40. The molecule has 0 unspecified atom stereocenters. The summed E-state index contributed by atoms with van der Waals surface area (Å²) in [6, 6.07) is 8.30. The third-order valence-corrected chi connectivity index (χ3v) is 5.05. The number of anilines is 2. The molecule has 5 aromatic rings. The van der Waals surface area contributed by atoms with Gasteiger partial charge in [0.15, 0.2) is 11.6 Å². The van der Waals surface area contributed by atoms with Gasteiger partial charge in [-0.15, -0.1) is 0 Å². The number of hydrogen-bond acceptors (Lipinski definition) is 8. The van der Waals surface area contributed by atoms with Gasteiger partial charge < -0.3 is 17.2 Å². The Labute approximate surface area is 184 Å². The lowest BCUT2D eigenvalue weighted by molar-refractivity contribution is 0.768. The summed E-state index contributed by atoms with van der Waals surface area (Å²) in [6.45, 7) is 0.558. The molecular weight excluding hydrogens is 404 g/mol. The average molecular weight is 429 g/mol. The van der Waals surface area contributed by atoms with Crippen LogP contribution in [0, 0.1) is 0 Å². The normalized spacial score (nSPS) is 10.8. The van der Waals surface area contributed by atoms with Crippen molar-refractivity contribution in [1.29, 1.82) is 0 Å². The van der Waals surface area contributed by atoms with E-state index in [-0.39, 0.29) is 6.15 Å². The number of aryl methyl sites for hydroxylation is 2. The van der Waals surface area contributed by atoms with E-state index >= 15 is 0 Å². The van der Waals surface area contributed by atoms with Crippen LogP contribution in [0.1, 0.15) is 5.56 Å². The van der Waals surface area contributed by atoms with Gasteiger partial charge in [-0.05, 0) is 23.8 Å². The molecule has 0 radical (unpaired) electrons. The van der Waals surface area contributed by atoms with E-state index in [1.165, 1.54) is 0 Å². The zero-order chi connectivity index (χ0) is 21.4. The van der Waals surface area contributed by atoms with Crippen molar-refractivity contribution in [2.24, 2.45) is 14.1 Å². The number of hydrogen-bond donors (Lipinski definition) is 3. The Balaban J connectivity index is 0.00000245. The molecule has 0 aliphatic rings. The maximum absolute atomic E-state index is 6.04. The lowest BCUT2D eigenvalue weighted by Crippen LogP contribution is -2.06. The Bertz CT molecular complexity index is 1380. The third-order valence-electron chi connectivity index (χ3n) is 5.05. The fourth-order valence-electron chi connectivity index (χ4n) is 3.43. The van der Waals surface area contributed by atoms with Crippen LogP contribution in [0.5, 0.6) is 0 Å².